The van der Waals surface area contributed by atoms with E-state index >= 15 is 0 Å². The second-order valence-corrected chi connectivity index (χ2v) is 2.61. The number of H-pyrrole nitrogens is 1. The van der Waals surface area contributed by atoms with Gasteiger partial charge in [0.1, 0.15) is 0 Å². The van der Waals surface area contributed by atoms with E-state index in [4.69, 9.17) is 0 Å². The van der Waals surface area contributed by atoms with Crippen LogP contribution in [0.1, 0.15) is 0 Å². The van der Waals surface area contributed by atoms with Crippen LogP contribution in [0.3, 0.4) is 0 Å². The summed E-state index contributed by atoms with van der Waals surface area (Å²) >= 11 is 0. The van der Waals surface area contributed by atoms with Crippen LogP contribution >= 0.6 is 0 Å². The molecular weight excluding hydrogens is 164 g/mol. The molecule has 0 atom stereocenters. The van der Waals surface area contributed by atoms with Crippen LogP contribution in [0, 0.1) is 0 Å². The Bertz CT molecular complexity index is 380. The number of anilines is 1. The highest BCUT2D eigenvalue weighted by Gasteiger charge is 2.01. The molecule has 66 valence electrons. The molecule has 0 spiro atoms. The van der Waals surface area contributed by atoms with Crippen LogP contribution in [-0.4, -0.2) is 22.0 Å². The topological polar surface area (TPSA) is 53.6 Å². The van der Waals surface area contributed by atoms with Crippen molar-refractivity contribution in [1.29, 1.82) is 0 Å². The lowest BCUT2D eigenvalue weighted by Crippen LogP contribution is -1.89. The van der Waals surface area contributed by atoms with Gasteiger partial charge >= 0.3 is 0 Å². The van der Waals surface area contributed by atoms with Crippen LogP contribution in [0.5, 0.6) is 0 Å². The van der Waals surface area contributed by atoms with E-state index in [0.717, 1.165) is 17.3 Å². The molecule has 0 bridgehead atoms. The van der Waals surface area contributed by atoms with Crippen molar-refractivity contribution in [3.8, 4) is 11.4 Å². The highest BCUT2D eigenvalue weighted by atomic mass is 15.1. The van der Waals surface area contributed by atoms with E-state index < -0.39 is 0 Å². The largest absolute Gasteiger partial charge is 0.359 e. The van der Waals surface area contributed by atoms with Crippen LogP contribution in [0.4, 0.5) is 5.95 Å². The van der Waals surface area contributed by atoms with Gasteiger partial charge in [-0.05, 0) is 12.1 Å². The highest BCUT2D eigenvalue weighted by molar-refractivity contribution is 5.55. The fourth-order valence-corrected chi connectivity index (χ4v) is 1.10. The maximum absolute atomic E-state index is 4.20. The van der Waals surface area contributed by atoms with E-state index in [0.29, 0.717) is 0 Å². The van der Waals surface area contributed by atoms with Crippen LogP contribution < -0.4 is 5.32 Å². The molecule has 4 nitrogen and oxygen atoms in total. The molecule has 4 heteroatoms. The number of aromatic amines is 1. The Morgan fingerprint density at radius 3 is 2.85 bits per heavy atom. The lowest BCUT2D eigenvalue weighted by molar-refractivity contribution is 1.25. The highest BCUT2D eigenvalue weighted by Crippen LogP contribution is 2.14. The molecule has 0 saturated heterocycles. The zero-order valence-corrected chi connectivity index (χ0v) is 7.28. The summed E-state index contributed by atoms with van der Waals surface area (Å²) in [6.45, 7) is 0. The van der Waals surface area contributed by atoms with Gasteiger partial charge in [-0.25, -0.2) is 4.98 Å². The Kier molecular flexibility index (Phi) is 1.96. The quantitative estimate of drug-likeness (QED) is 0.725. The molecule has 2 heterocycles. The number of nitrogens with one attached hydrogen (secondary N) is 2. The molecule has 0 radical (unpaired) electrons. The van der Waals surface area contributed by atoms with Crippen molar-refractivity contribution < 1.29 is 0 Å². The van der Waals surface area contributed by atoms with E-state index in [2.05, 4.69) is 20.3 Å². The van der Waals surface area contributed by atoms with Crippen LogP contribution in [0.25, 0.3) is 11.4 Å². The smallest absolute Gasteiger partial charge is 0.200 e. The van der Waals surface area contributed by atoms with Crippen molar-refractivity contribution in [2.75, 3.05) is 12.4 Å². The molecule has 0 aliphatic rings. The molecule has 0 aliphatic heterocycles. The van der Waals surface area contributed by atoms with Crippen LogP contribution in [0.2, 0.25) is 0 Å². The Hall–Kier alpha value is -1.84. The van der Waals surface area contributed by atoms with Gasteiger partial charge in [0.15, 0.2) is 5.95 Å². The monoisotopic (exact) mass is 174 g/mol. The number of hydrogen-bond acceptors (Lipinski definition) is 3. The van der Waals surface area contributed by atoms with Gasteiger partial charge in [-0.3, -0.25) is 4.98 Å². The lowest BCUT2D eigenvalue weighted by Gasteiger charge is -1.94. The van der Waals surface area contributed by atoms with Gasteiger partial charge < -0.3 is 10.3 Å². The number of hydrogen-bond donors (Lipinski definition) is 2. The molecule has 0 unspecified atom stereocenters. The zero-order chi connectivity index (χ0) is 9.10. The van der Waals surface area contributed by atoms with E-state index in [1.165, 1.54) is 0 Å². The van der Waals surface area contributed by atoms with Crippen molar-refractivity contribution in [3.63, 3.8) is 0 Å². The van der Waals surface area contributed by atoms with Crippen molar-refractivity contribution >= 4 is 5.95 Å². The maximum Gasteiger partial charge on any atom is 0.200 e. The maximum atomic E-state index is 4.20. The molecule has 13 heavy (non-hydrogen) atoms. The average molecular weight is 174 g/mol. The summed E-state index contributed by atoms with van der Waals surface area (Å²) in [6.07, 6.45) is 3.52. The predicted molar refractivity (Wildman–Crippen MR) is 51.4 cm³/mol. The first kappa shape index (κ1) is 7.79. The van der Waals surface area contributed by atoms with Crippen molar-refractivity contribution in [1.82, 2.24) is 15.0 Å². The summed E-state index contributed by atoms with van der Waals surface area (Å²) in [5.41, 5.74) is 1.82. The number of imidazole rings is 1. The summed E-state index contributed by atoms with van der Waals surface area (Å²) in [5, 5.41) is 2.92. The van der Waals surface area contributed by atoms with Crippen molar-refractivity contribution in [3.05, 3.63) is 30.6 Å². The van der Waals surface area contributed by atoms with Gasteiger partial charge in [-0.1, -0.05) is 6.07 Å². The first-order chi connectivity index (χ1) is 6.40. The fourth-order valence-electron chi connectivity index (χ4n) is 1.10. The summed E-state index contributed by atoms with van der Waals surface area (Å²) < 4.78 is 0. The first-order valence-electron chi connectivity index (χ1n) is 4.04. The molecule has 0 saturated carbocycles. The third-order valence-electron chi connectivity index (χ3n) is 1.75. The lowest BCUT2D eigenvalue weighted by atomic mass is 10.3. The number of aromatic nitrogens is 3. The second-order valence-electron chi connectivity index (χ2n) is 2.61. The third kappa shape index (κ3) is 1.51. The minimum atomic E-state index is 0.751. The molecule has 0 aliphatic carbocycles. The van der Waals surface area contributed by atoms with Gasteiger partial charge in [-0.2, -0.15) is 0 Å². The minimum Gasteiger partial charge on any atom is -0.359 e. The van der Waals surface area contributed by atoms with E-state index in [9.17, 15) is 0 Å². The van der Waals surface area contributed by atoms with Gasteiger partial charge in [0.25, 0.3) is 0 Å². The number of nitrogens with zero attached hydrogens (tertiary/aromatic N) is 2. The second kappa shape index (κ2) is 3.26. The molecule has 2 aromatic rings. The SMILES string of the molecule is CNc1ncc(-c2ccccn2)[nH]1. The van der Waals surface area contributed by atoms with Gasteiger partial charge in [0.2, 0.25) is 0 Å². The Morgan fingerprint density at radius 2 is 2.23 bits per heavy atom. The molecule has 2 rings (SSSR count). The van der Waals surface area contributed by atoms with E-state index in [1.807, 2.05) is 25.2 Å². The summed E-state index contributed by atoms with van der Waals surface area (Å²) in [7, 11) is 1.82. The number of pyridine rings is 1. The van der Waals surface area contributed by atoms with E-state index in [-0.39, 0.29) is 0 Å². The summed E-state index contributed by atoms with van der Waals surface area (Å²) in [5.74, 6) is 0.751. The average Bonchev–Trinajstić information content (AvgIpc) is 2.67. The zero-order valence-electron chi connectivity index (χ0n) is 7.28. The Labute approximate surface area is 76.1 Å². The Morgan fingerprint density at radius 1 is 1.31 bits per heavy atom. The van der Waals surface area contributed by atoms with Crippen molar-refractivity contribution in [2.24, 2.45) is 0 Å². The van der Waals surface area contributed by atoms with Gasteiger partial charge in [0, 0.05) is 13.2 Å². The molecule has 2 aromatic heterocycles. The Balaban J connectivity index is 2.36. The van der Waals surface area contributed by atoms with Gasteiger partial charge in [-0.15, -0.1) is 0 Å². The third-order valence-corrected chi connectivity index (χ3v) is 1.75. The summed E-state index contributed by atoms with van der Waals surface area (Å²) in [6, 6.07) is 5.77. The molecule has 0 amide bonds. The van der Waals surface area contributed by atoms with Crippen LogP contribution in [-0.2, 0) is 0 Å². The van der Waals surface area contributed by atoms with Crippen LogP contribution in [0.15, 0.2) is 30.6 Å². The fraction of sp³-hybridized carbons (Fsp3) is 0.111. The molecule has 0 aromatic carbocycles. The van der Waals surface area contributed by atoms with Gasteiger partial charge in [0.05, 0.1) is 17.6 Å². The van der Waals surface area contributed by atoms with E-state index in [1.54, 1.807) is 12.4 Å². The molecule has 0 fully saturated rings. The molecular formula is C9H10N4. The van der Waals surface area contributed by atoms with Crippen molar-refractivity contribution in [2.45, 2.75) is 0 Å². The predicted octanol–water partition coefficient (Wildman–Crippen LogP) is 1.51. The standard InChI is InChI=1S/C9H10N4/c1-10-9-12-6-8(13-9)7-4-2-3-5-11-7/h2-6H,1H3,(H2,10,12,13). The minimum absolute atomic E-state index is 0.751. The normalized spacial score (nSPS) is 9.92. The first-order valence-corrected chi connectivity index (χ1v) is 4.04. The molecule has 2 N–H and O–H groups in total. The summed E-state index contributed by atoms with van der Waals surface area (Å²) in [4.78, 5) is 11.4. The number of rotatable bonds is 2.